The van der Waals surface area contributed by atoms with Gasteiger partial charge in [-0.05, 0) is 24.5 Å². The maximum absolute atomic E-state index is 12.4. The summed E-state index contributed by atoms with van der Waals surface area (Å²) in [6.45, 7) is 2.65. The molecule has 2 aromatic rings. The third-order valence-corrected chi connectivity index (χ3v) is 5.46. The van der Waals surface area contributed by atoms with Crippen LogP contribution in [-0.2, 0) is 5.75 Å². The Morgan fingerprint density at radius 1 is 1.25 bits per heavy atom. The topological polar surface area (TPSA) is 79.5 Å². The second kappa shape index (κ2) is 8.84. The quantitative estimate of drug-likeness (QED) is 0.694. The number of carboxylic acids is 1. The Balaban J connectivity index is 2.07. The molecule has 0 aliphatic carbocycles. The highest BCUT2D eigenvalue weighted by Gasteiger charge is 2.16. The Hall–Kier alpha value is -1.86. The van der Waals surface area contributed by atoms with Crippen molar-refractivity contribution in [2.75, 3.05) is 12.8 Å². The van der Waals surface area contributed by atoms with Crippen molar-refractivity contribution in [2.45, 2.75) is 22.8 Å². The highest BCUT2D eigenvalue weighted by atomic mass is 32.2. The molecule has 128 valence electrons. The fourth-order valence-corrected chi connectivity index (χ4v) is 3.23. The molecule has 7 heteroatoms. The lowest BCUT2D eigenvalue weighted by atomic mass is 10.2. The third-order valence-electron chi connectivity index (χ3n) is 3.42. The zero-order valence-corrected chi connectivity index (χ0v) is 15.1. The summed E-state index contributed by atoms with van der Waals surface area (Å²) in [5.74, 6) is -0.410. The van der Waals surface area contributed by atoms with Gasteiger partial charge in [-0.15, -0.1) is 11.8 Å². The van der Waals surface area contributed by atoms with Crippen molar-refractivity contribution >= 4 is 35.4 Å². The van der Waals surface area contributed by atoms with E-state index in [0.717, 1.165) is 4.90 Å². The molecule has 24 heavy (non-hydrogen) atoms. The summed E-state index contributed by atoms with van der Waals surface area (Å²) in [4.78, 5) is 24.3. The molecule has 1 heterocycles. The van der Waals surface area contributed by atoms with Crippen LogP contribution >= 0.6 is 23.5 Å². The second-order valence-electron chi connectivity index (χ2n) is 5.10. The molecule has 0 aliphatic heterocycles. The van der Waals surface area contributed by atoms with Crippen LogP contribution in [0.3, 0.4) is 0 Å². The van der Waals surface area contributed by atoms with Crippen molar-refractivity contribution in [1.29, 1.82) is 0 Å². The van der Waals surface area contributed by atoms with E-state index in [-0.39, 0.29) is 11.5 Å². The fraction of sp³-hybridized carbons (Fsp3) is 0.294. The van der Waals surface area contributed by atoms with Gasteiger partial charge in [0.25, 0.3) is 5.91 Å². The van der Waals surface area contributed by atoms with Gasteiger partial charge in [0, 0.05) is 16.7 Å². The maximum Gasteiger partial charge on any atom is 0.339 e. The van der Waals surface area contributed by atoms with Gasteiger partial charge in [0.15, 0.2) is 0 Å². The lowest BCUT2D eigenvalue weighted by molar-refractivity contribution is 0.0694. The van der Waals surface area contributed by atoms with Gasteiger partial charge in [-0.2, -0.15) is 11.8 Å². The monoisotopic (exact) mass is 365 g/mol. The zero-order chi connectivity index (χ0) is 17.5. The van der Waals surface area contributed by atoms with Crippen molar-refractivity contribution in [3.05, 3.63) is 53.5 Å². The number of thioether (sulfide) groups is 2. The minimum Gasteiger partial charge on any atom is -0.478 e. The molecule has 0 saturated heterocycles. The van der Waals surface area contributed by atoms with Crippen molar-refractivity contribution in [2.24, 2.45) is 0 Å². The number of furan rings is 1. The molecule has 1 unspecified atom stereocenters. The molecule has 1 aromatic carbocycles. The molecule has 0 fully saturated rings. The van der Waals surface area contributed by atoms with Crippen LogP contribution in [0.5, 0.6) is 0 Å². The van der Waals surface area contributed by atoms with Crippen LogP contribution in [0, 0.1) is 0 Å². The van der Waals surface area contributed by atoms with E-state index < -0.39 is 5.97 Å². The number of carbonyl (C=O) groups excluding carboxylic acids is 1. The number of rotatable bonds is 8. The molecule has 0 aliphatic rings. The van der Waals surface area contributed by atoms with Crippen molar-refractivity contribution < 1.29 is 19.1 Å². The normalized spacial score (nSPS) is 11.9. The summed E-state index contributed by atoms with van der Waals surface area (Å²) in [5.41, 5.74) is 0.734. The van der Waals surface area contributed by atoms with Crippen LogP contribution in [0.2, 0.25) is 0 Å². The van der Waals surface area contributed by atoms with Crippen LogP contribution in [0.15, 0.2) is 45.9 Å². The summed E-state index contributed by atoms with van der Waals surface area (Å²) in [6, 6.07) is 8.71. The standard InChI is InChI=1S/C17H19NO4S2/c1-11(23-2)9-18-16(19)13-5-3-4-6-15(13)24-10-14-12(17(20)21)7-8-22-14/h3-8,11H,9-10H2,1-2H3,(H,18,19)(H,20,21). The summed E-state index contributed by atoms with van der Waals surface area (Å²) >= 11 is 3.07. The number of carboxylic acid groups (broad SMARTS) is 1. The van der Waals surface area contributed by atoms with Crippen molar-refractivity contribution in [3.8, 4) is 0 Å². The lowest BCUT2D eigenvalue weighted by Crippen LogP contribution is -2.29. The third kappa shape index (κ3) is 4.82. The van der Waals surface area contributed by atoms with Crippen LogP contribution in [0.1, 0.15) is 33.4 Å². The predicted octanol–water partition coefficient (Wildman–Crippen LogP) is 3.75. The molecular weight excluding hydrogens is 346 g/mol. The molecule has 0 saturated carbocycles. The van der Waals surface area contributed by atoms with E-state index in [9.17, 15) is 9.59 Å². The summed E-state index contributed by atoms with van der Waals surface area (Å²) in [7, 11) is 0. The average Bonchev–Trinajstić information content (AvgIpc) is 3.06. The Morgan fingerprint density at radius 2 is 2.00 bits per heavy atom. The number of hydrogen-bond acceptors (Lipinski definition) is 5. The van der Waals surface area contributed by atoms with Crippen molar-refractivity contribution in [3.63, 3.8) is 0 Å². The summed E-state index contributed by atoms with van der Waals surface area (Å²) in [6.07, 6.45) is 3.37. The first-order chi connectivity index (χ1) is 11.5. The van der Waals surface area contributed by atoms with E-state index in [0.29, 0.717) is 28.9 Å². The SMILES string of the molecule is CSC(C)CNC(=O)c1ccccc1SCc1occc1C(=O)O. The molecule has 1 aromatic heterocycles. The number of nitrogens with one attached hydrogen (secondary N) is 1. The van der Waals surface area contributed by atoms with Gasteiger partial charge in [-0.25, -0.2) is 4.79 Å². The van der Waals surface area contributed by atoms with Gasteiger partial charge in [0.2, 0.25) is 0 Å². The summed E-state index contributed by atoms with van der Waals surface area (Å²) < 4.78 is 5.24. The Labute approximate surface area is 149 Å². The Morgan fingerprint density at radius 3 is 2.71 bits per heavy atom. The largest absolute Gasteiger partial charge is 0.478 e. The van der Waals surface area contributed by atoms with Crippen molar-refractivity contribution in [1.82, 2.24) is 5.32 Å². The van der Waals surface area contributed by atoms with Gasteiger partial charge in [-0.3, -0.25) is 4.79 Å². The molecule has 0 spiro atoms. The van der Waals surface area contributed by atoms with Gasteiger partial charge < -0.3 is 14.8 Å². The Bertz CT molecular complexity index is 714. The number of carbonyl (C=O) groups is 2. The first kappa shape index (κ1) is 18.5. The van der Waals surface area contributed by atoms with E-state index in [1.54, 1.807) is 17.8 Å². The van der Waals surface area contributed by atoms with Gasteiger partial charge in [0.05, 0.1) is 17.6 Å². The van der Waals surface area contributed by atoms with E-state index in [2.05, 4.69) is 12.2 Å². The fourth-order valence-electron chi connectivity index (χ4n) is 1.98. The smallest absolute Gasteiger partial charge is 0.339 e. The van der Waals surface area contributed by atoms with Gasteiger partial charge in [0.1, 0.15) is 11.3 Å². The minimum absolute atomic E-state index is 0.128. The first-order valence-corrected chi connectivity index (χ1v) is 9.62. The Kier molecular flexibility index (Phi) is 6.81. The van der Waals surface area contributed by atoms with Crippen LogP contribution in [-0.4, -0.2) is 35.0 Å². The predicted molar refractivity (Wildman–Crippen MR) is 97.0 cm³/mol. The summed E-state index contributed by atoms with van der Waals surface area (Å²) in [5, 5.41) is 12.4. The molecule has 2 rings (SSSR count). The highest BCUT2D eigenvalue weighted by molar-refractivity contribution is 7.99. The van der Waals surface area contributed by atoms with E-state index in [1.165, 1.54) is 24.1 Å². The van der Waals surface area contributed by atoms with Gasteiger partial charge in [-0.1, -0.05) is 19.1 Å². The van der Waals surface area contributed by atoms with E-state index >= 15 is 0 Å². The highest BCUT2D eigenvalue weighted by Crippen LogP contribution is 2.28. The second-order valence-corrected chi connectivity index (χ2v) is 7.40. The lowest BCUT2D eigenvalue weighted by Gasteiger charge is -2.12. The molecule has 2 N–H and O–H groups in total. The minimum atomic E-state index is -1.02. The molecule has 5 nitrogen and oxygen atoms in total. The molecule has 1 amide bonds. The van der Waals surface area contributed by atoms with E-state index in [1.807, 2.05) is 24.5 Å². The number of hydrogen-bond donors (Lipinski definition) is 2. The molecule has 0 radical (unpaired) electrons. The molecule has 0 bridgehead atoms. The van der Waals surface area contributed by atoms with Crippen LogP contribution in [0.4, 0.5) is 0 Å². The zero-order valence-electron chi connectivity index (χ0n) is 13.4. The maximum atomic E-state index is 12.4. The number of aromatic carboxylic acids is 1. The average molecular weight is 365 g/mol. The first-order valence-electron chi connectivity index (χ1n) is 7.35. The van der Waals surface area contributed by atoms with Crippen LogP contribution < -0.4 is 5.32 Å². The molecular formula is C17H19NO4S2. The molecule has 1 atom stereocenters. The van der Waals surface area contributed by atoms with E-state index in [4.69, 9.17) is 9.52 Å². The van der Waals surface area contributed by atoms with Gasteiger partial charge >= 0.3 is 5.97 Å². The number of benzene rings is 1. The number of amides is 1. The van der Waals surface area contributed by atoms with Crippen LogP contribution in [0.25, 0.3) is 0 Å².